The van der Waals surface area contributed by atoms with E-state index in [0.29, 0.717) is 0 Å². The van der Waals surface area contributed by atoms with Crippen LogP contribution < -0.4 is 10.6 Å². The van der Waals surface area contributed by atoms with Gasteiger partial charge in [-0.15, -0.1) is 0 Å². The van der Waals surface area contributed by atoms with Crippen molar-refractivity contribution in [2.75, 3.05) is 25.0 Å². The van der Waals surface area contributed by atoms with E-state index in [1.165, 1.54) is 5.69 Å². The number of likely N-dealkylation sites (N-methyl/N-ethyl adjacent to an activating group) is 1. The topological polar surface area (TPSA) is 24.1 Å². The summed E-state index contributed by atoms with van der Waals surface area (Å²) in [4.78, 5) is 0. The summed E-state index contributed by atoms with van der Waals surface area (Å²) in [5.41, 5.74) is 1.19. The van der Waals surface area contributed by atoms with Crippen LogP contribution >= 0.6 is 0 Å². The van der Waals surface area contributed by atoms with Crippen LogP contribution in [-0.2, 0) is 0 Å². The average Bonchev–Trinajstić information content (AvgIpc) is 2.29. The average molecular weight is 194 g/mol. The Morgan fingerprint density at radius 2 is 1.64 bits per heavy atom. The van der Waals surface area contributed by atoms with Gasteiger partial charge in [-0.3, -0.25) is 0 Å². The third kappa shape index (κ3) is 6.49. The Balaban J connectivity index is 0.000000791. The maximum Gasteiger partial charge on any atom is 0.0340 e. The molecule has 0 unspecified atom stereocenters. The van der Waals surface area contributed by atoms with Gasteiger partial charge in [0.15, 0.2) is 0 Å². The summed E-state index contributed by atoms with van der Waals surface area (Å²) in [6.45, 7) is 9.15. The second kappa shape index (κ2) is 10.1. The van der Waals surface area contributed by atoms with Crippen LogP contribution in [0.5, 0.6) is 0 Å². The minimum atomic E-state index is 0.984. The van der Waals surface area contributed by atoms with Gasteiger partial charge in [0.25, 0.3) is 0 Å². The molecule has 1 rings (SSSR count). The lowest BCUT2D eigenvalue weighted by Gasteiger charge is -2.05. The number of hydrogen-bond donors (Lipinski definition) is 2. The lowest BCUT2D eigenvalue weighted by atomic mass is 10.3. The SMILES string of the molecule is CC.CCNCCNc1ccccc1. The molecule has 80 valence electrons. The molecule has 0 fully saturated rings. The van der Waals surface area contributed by atoms with E-state index in [0.717, 1.165) is 19.6 Å². The zero-order valence-corrected chi connectivity index (χ0v) is 9.51. The molecular formula is C12H22N2. The zero-order chi connectivity index (χ0) is 10.6. The summed E-state index contributed by atoms with van der Waals surface area (Å²) in [6.07, 6.45) is 0. The van der Waals surface area contributed by atoms with Gasteiger partial charge < -0.3 is 10.6 Å². The predicted octanol–water partition coefficient (Wildman–Crippen LogP) is 2.73. The molecule has 2 N–H and O–H groups in total. The van der Waals surface area contributed by atoms with Gasteiger partial charge in [0.1, 0.15) is 0 Å². The van der Waals surface area contributed by atoms with Crippen LogP contribution in [-0.4, -0.2) is 19.6 Å². The summed E-state index contributed by atoms with van der Waals surface area (Å²) < 4.78 is 0. The van der Waals surface area contributed by atoms with E-state index in [4.69, 9.17) is 0 Å². The Morgan fingerprint density at radius 3 is 2.21 bits per heavy atom. The second-order valence-electron chi connectivity index (χ2n) is 2.65. The van der Waals surface area contributed by atoms with E-state index < -0.39 is 0 Å². The van der Waals surface area contributed by atoms with Crippen molar-refractivity contribution < 1.29 is 0 Å². The first kappa shape index (κ1) is 13.0. The molecule has 14 heavy (non-hydrogen) atoms. The van der Waals surface area contributed by atoms with Gasteiger partial charge in [0.2, 0.25) is 0 Å². The van der Waals surface area contributed by atoms with Gasteiger partial charge in [0, 0.05) is 18.8 Å². The van der Waals surface area contributed by atoms with Gasteiger partial charge in [-0.1, -0.05) is 39.0 Å². The maximum atomic E-state index is 3.32. The third-order valence-corrected chi connectivity index (χ3v) is 1.65. The Bertz CT molecular complexity index is 197. The monoisotopic (exact) mass is 194 g/mol. The summed E-state index contributed by atoms with van der Waals surface area (Å²) in [6, 6.07) is 10.2. The van der Waals surface area contributed by atoms with Gasteiger partial charge in [-0.2, -0.15) is 0 Å². The van der Waals surface area contributed by atoms with Crippen LogP contribution in [0.25, 0.3) is 0 Å². The number of nitrogens with one attached hydrogen (secondary N) is 2. The van der Waals surface area contributed by atoms with E-state index in [1.807, 2.05) is 32.0 Å². The minimum Gasteiger partial charge on any atom is -0.384 e. The fourth-order valence-electron chi connectivity index (χ4n) is 1.03. The highest BCUT2D eigenvalue weighted by atomic mass is 14.9. The first-order valence-corrected chi connectivity index (χ1v) is 5.43. The van der Waals surface area contributed by atoms with Crippen molar-refractivity contribution in [1.82, 2.24) is 5.32 Å². The lowest BCUT2D eigenvalue weighted by molar-refractivity contribution is 0.739. The Kier molecular flexibility index (Phi) is 9.33. The largest absolute Gasteiger partial charge is 0.384 e. The number of para-hydroxylation sites is 1. The van der Waals surface area contributed by atoms with Crippen molar-refractivity contribution in [3.8, 4) is 0 Å². The molecule has 0 aromatic heterocycles. The van der Waals surface area contributed by atoms with E-state index in [9.17, 15) is 0 Å². The molecule has 0 atom stereocenters. The van der Waals surface area contributed by atoms with E-state index >= 15 is 0 Å². The number of hydrogen-bond acceptors (Lipinski definition) is 2. The summed E-state index contributed by atoms with van der Waals surface area (Å²) >= 11 is 0. The molecule has 0 amide bonds. The Hall–Kier alpha value is -1.02. The Labute approximate surface area is 87.7 Å². The van der Waals surface area contributed by atoms with Crippen molar-refractivity contribution in [2.24, 2.45) is 0 Å². The van der Waals surface area contributed by atoms with Crippen molar-refractivity contribution in [3.63, 3.8) is 0 Å². The van der Waals surface area contributed by atoms with Gasteiger partial charge in [-0.25, -0.2) is 0 Å². The van der Waals surface area contributed by atoms with Crippen molar-refractivity contribution in [1.29, 1.82) is 0 Å². The van der Waals surface area contributed by atoms with Crippen LogP contribution in [0.3, 0.4) is 0 Å². The van der Waals surface area contributed by atoms with Crippen LogP contribution in [0.1, 0.15) is 20.8 Å². The quantitative estimate of drug-likeness (QED) is 0.704. The summed E-state index contributed by atoms with van der Waals surface area (Å²) in [7, 11) is 0. The van der Waals surface area contributed by atoms with Crippen molar-refractivity contribution in [2.45, 2.75) is 20.8 Å². The number of benzene rings is 1. The molecule has 1 aromatic rings. The van der Waals surface area contributed by atoms with E-state index in [1.54, 1.807) is 0 Å². The predicted molar refractivity (Wildman–Crippen MR) is 64.8 cm³/mol. The Morgan fingerprint density at radius 1 is 1.00 bits per heavy atom. The van der Waals surface area contributed by atoms with Gasteiger partial charge in [0.05, 0.1) is 0 Å². The molecule has 1 aromatic carbocycles. The molecule has 0 aliphatic carbocycles. The standard InChI is InChI=1S/C10H16N2.C2H6/c1-2-11-8-9-12-10-6-4-3-5-7-10;1-2/h3-7,11-12H,2,8-9H2,1H3;1-2H3. The minimum absolute atomic E-state index is 0.984. The molecule has 0 saturated heterocycles. The van der Waals surface area contributed by atoms with E-state index in [-0.39, 0.29) is 0 Å². The molecule has 0 heterocycles. The van der Waals surface area contributed by atoms with Crippen LogP contribution in [0.2, 0.25) is 0 Å². The summed E-state index contributed by atoms with van der Waals surface area (Å²) in [5.74, 6) is 0. The highest BCUT2D eigenvalue weighted by Crippen LogP contribution is 2.03. The van der Waals surface area contributed by atoms with Crippen LogP contribution in [0, 0.1) is 0 Å². The molecule has 2 nitrogen and oxygen atoms in total. The zero-order valence-electron chi connectivity index (χ0n) is 9.51. The number of anilines is 1. The lowest BCUT2D eigenvalue weighted by Crippen LogP contribution is -2.21. The van der Waals surface area contributed by atoms with Gasteiger partial charge in [-0.05, 0) is 18.7 Å². The third-order valence-electron chi connectivity index (χ3n) is 1.65. The molecular weight excluding hydrogens is 172 g/mol. The molecule has 0 saturated carbocycles. The first-order valence-electron chi connectivity index (χ1n) is 5.43. The molecule has 2 heteroatoms. The molecule has 0 radical (unpaired) electrons. The smallest absolute Gasteiger partial charge is 0.0340 e. The molecule has 0 spiro atoms. The number of rotatable bonds is 5. The molecule has 0 bridgehead atoms. The van der Waals surface area contributed by atoms with Crippen molar-refractivity contribution in [3.05, 3.63) is 30.3 Å². The highest BCUT2D eigenvalue weighted by molar-refractivity contribution is 5.42. The fraction of sp³-hybridized carbons (Fsp3) is 0.500. The summed E-state index contributed by atoms with van der Waals surface area (Å²) in [5, 5.41) is 6.57. The van der Waals surface area contributed by atoms with Crippen LogP contribution in [0.4, 0.5) is 5.69 Å². The fourth-order valence-corrected chi connectivity index (χ4v) is 1.03. The molecule has 0 aliphatic rings. The second-order valence-corrected chi connectivity index (χ2v) is 2.65. The van der Waals surface area contributed by atoms with E-state index in [2.05, 4.69) is 29.7 Å². The first-order chi connectivity index (χ1) is 6.93. The maximum absolute atomic E-state index is 3.32. The molecule has 0 aliphatic heterocycles. The van der Waals surface area contributed by atoms with Crippen molar-refractivity contribution >= 4 is 5.69 Å². The van der Waals surface area contributed by atoms with Gasteiger partial charge >= 0.3 is 0 Å². The van der Waals surface area contributed by atoms with Crippen LogP contribution in [0.15, 0.2) is 30.3 Å². The highest BCUT2D eigenvalue weighted by Gasteiger charge is 1.86. The normalized spacial score (nSPS) is 8.79.